The molecule has 0 unspecified atom stereocenters. The van der Waals surface area contributed by atoms with Crippen molar-refractivity contribution in [2.24, 2.45) is 0 Å². The van der Waals surface area contributed by atoms with E-state index in [1.165, 1.54) is 10.7 Å². The molecule has 8 heteroatoms. The number of para-hydroxylation sites is 2. The molecule has 96 valence electrons. The number of benzene rings is 1. The number of hydrogen-bond donors (Lipinski definition) is 1. The molecule has 0 fully saturated rings. The lowest BCUT2D eigenvalue weighted by Gasteiger charge is -2.10. The van der Waals surface area contributed by atoms with E-state index >= 15 is 0 Å². The predicted molar refractivity (Wildman–Crippen MR) is 58.5 cm³/mol. The van der Waals surface area contributed by atoms with Gasteiger partial charge in [0.15, 0.2) is 11.6 Å². The van der Waals surface area contributed by atoms with Gasteiger partial charge in [-0.05, 0) is 29.6 Å². The summed E-state index contributed by atoms with van der Waals surface area (Å²) in [6.07, 6.45) is 0. The number of halogens is 2. The monoisotopic (exact) mass is 255 g/mol. The standard InChI is InChI=1S/C10H11F2N5O/c1-13-6-9-14-15-16-17(9)7-4-2-3-5-8(7)18-10(11)12/h2-5,10,13H,6H2,1H3. The van der Waals surface area contributed by atoms with Crippen molar-refractivity contribution < 1.29 is 13.5 Å². The van der Waals surface area contributed by atoms with Gasteiger partial charge >= 0.3 is 6.61 Å². The van der Waals surface area contributed by atoms with E-state index in [0.717, 1.165) is 0 Å². The Balaban J connectivity index is 2.40. The number of hydrogen-bond acceptors (Lipinski definition) is 5. The van der Waals surface area contributed by atoms with Crippen LogP contribution in [0, 0.1) is 0 Å². The van der Waals surface area contributed by atoms with E-state index in [9.17, 15) is 8.78 Å². The van der Waals surface area contributed by atoms with Crippen LogP contribution < -0.4 is 10.1 Å². The lowest BCUT2D eigenvalue weighted by atomic mass is 10.3. The third kappa shape index (κ3) is 2.59. The van der Waals surface area contributed by atoms with Crippen LogP contribution >= 0.6 is 0 Å². The average Bonchev–Trinajstić information content (AvgIpc) is 2.78. The van der Waals surface area contributed by atoms with Crippen molar-refractivity contribution in [3.8, 4) is 11.4 Å². The molecule has 6 nitrogen and oxygen atoms in total. The fourth-order valence-electron chi connectivity index (χ4n) is 1.49. The third-order valence-electron chi connectivity index (χ3n) is 2.18. The summed E-state index contributed by atoms with van der Waals surface area (Å²) in [6.45, 7) is -2.48. The molecule has 0 saturated carbocycles. The Morgan fingerprint density at radius 1 is 1.39 bits per heavy atom. The van der Waals surface area contributed by atoms with Crippen LogP contribution in [0.15, 0.2) is 24.3 Å². The van der Waals surface area contributed by atoms with E-state index in [-0.39, 0.29) is 5.75 Å². The molecule has 0 aliphatic rings. The third-order valence-corrected chi connectivity index (χ3v) is 2.18. The number of alkyl halides is 2. The largest absolute Gasteiger partial charge is 0.433 e. The van der Waals surface area contributed by atoms with Gasteiger partial charge in [0.1, 0.15) is 5.69 Å². The Morgan fingerprint density at radius 2 is 2.17 bits per heavy atom. The molecule has 0 saturated heterocycles. The van der Waals surface area contributed by atoms with Gasteiger partial charge in [0.2, 0.25) is 0 Å². The van der Waals surface area contributed by atoms with E-state index < -0.39 is 6.61 Å². The molecule has 0 spiro atoms. The Morgan fingerprint density at radius 3 is 2.89 bits per heavy atom. The van der Waals surface area contributed by atoms with Gasteiger partial charge in [-0.25, -0.2) is 0 Å². The van der Waals surface area contributed by atoms with Crippen LogP contribution in [-0.2, 0) is 6.54 Å². The number of aromatic nitrogens is 4. The summed E-state index contributed by atoms with van der Waals surface area (Å²) >= 11 is 0. The first kappa shape index (κ1) is 12.4. The van der Waals surface area contributed by atoms with Gasteiger partial charge in [0, 0.05) is 0 Å². The maximum absolute atomic E-state index is 12.3. The van der Waals surface area contributed by atoms with Crippen molar-refractivity contribution in [3.63, 3.8) is 0 Å². The molecule has 0 aliphatic heterocycles. The zero-order valence-corrected chi connectivity index (χ0v) is 9.55. The first-order valence-corrected chi connectivity index (χ1v) is 5.18. The second kappa shape index (κ2) is 5.50. The SMILES string of the molecule is CNCc1nnnn1-c1ccccc1OC(F)F. The fourth-order valence-corrected chi connectivity index (χ4v) is 1.49. The van der Waals surface area contributed by atoms with Gasteiger partial charge in [-0.2, -0.15) is 13.5 Å². The first-order chi connectivity index (χ1) is 8.72. The van der Waals surface area contributed by atoms with Crippen LogP contribution in [0.3, 0.4) is 0 Å². The maximum Gasteiger partial charge on any atom is 0.387 e. The van der Waals surface area contributed by atoms with Crippen LogP contribution in [0.4, 0.5) is 8.78 Å². The van der Waals surface area contributed by atoms with Crippen molar-refractivity contribution in [1.29, 1.82) is 0 Å². The number of nitrogens with zero attached hydrogens (tertiary/aromatic N) is 4. The molecule has 0 atom stereocenters. The predicted octanol–water partition coefficient (Wildman–Crippen LogP) is 0.983. The van der Waals surface area contributed by atoms with E-state index in [4.69, 9.17) is 0 Å². The molecule has 1 aromatic heterocycles. The molecule has 0 amide bonds. The zero-order chi connectivity index (χ0) is 13.0. The maximum atomic E-state index is 12.3. The molecule has 1 N–H and O–H groups in total. The minimum absolute atomic E-state index is 0.0251. The highest BCUT2D eigenvalue weighted by atomic mass is 19.3. The van der Waals surface area contributed by atoms with Crippen LogP contribution in [-0.4, -0.2) is 33.9 Å². The van der Waals surface area contributed by atoms with Gasteiger partial charge < -0.3 is 10.1 Å². The van der Waals surface area contributed by atoms with Crippen molar-refractivity contribution in [2.45, 2.75) is 13.2 Å². The van der Waals surface area contributed by atoms with E-state index in [1.54, 1.807) is 25.2 Å². The Bertz CT molecular complexity index is 516. The second-order valence-corrected chi connectivity index (χ2v) is 3.38. The zero-order valence-electron chi connectivity index (χ0n) is 9.55. The highest BCUT2D eigenvalue weighted by Crippen LogP contribution is 2.23. The molecule has 0 radical (unpaired) electrons. The van der Waals surface area contributed by atoms with Gasteiger partial charge in [0.25, 0.3) is 0 Å². The highest BCUT2D eigenvalue weighted by Gasteiger charge is 2.14. The highest BCUT2D eigenvalue weighted by molar-refractivity contribution is 5.46. The summed E-state index contributed by atoms with van der Waals surface area (Å²) in [4.78, 5) is 0. The van der Waals surface area contributed by atoms with E-state index in [0.29, 0.717) is 18.1 Å². The van der Waals surface area contributed by atoms with Gasteiger partial charge in [0.05, 0.1) is 6.54 Å². The number of ether oxygens (including phenoxy) is 1. The Labute approximate surface area is 102 Å². The molecule has 2 rings (SSSR count). The second-order valence-electron chi connectivity index (χ2n) is 3.38. The van der Waals surface area contributed by atoms with Crippen LogP contribution in [0.5, 0.6) is 5.75 Å². The first-order valence-electron chi connectivity index (χ1n) is 5.18. The molecular weight excluding hydrogens is 244 g/mol. The quantitative estimate of drug-likeness (QED) is 0.862. The average molecular weight is 255 g/mol. The van der Waals surface area contributed by atoms with E-state index in [2.05, 4.69) is 25.6 Å². The smallest absolute Gasteiger partial charge is 0.387 e. The summed E-state index contributed by atoms with van der Waals surface area (Å²) in [6, 6.07) is 6.33. The molecule has 18 heavy (non-hydrogen) atoms. The van der Waals surface area contributed by atoms with Crippen molar-refractivity contribution in [2.75, 3.05) is 7.05 Å². The van der Waals surface area contributed by atoms with Crippen LogP contribution in [0.2, 0.25) is 0 Å². The number of rotatable bonds is 5. The summed E-state index contributed by atoms with van der Waals surface area (Å²) in [7, 11) is 1.74. The summed E-state index contributed by atoms with van der Waals surface area (Å²) in [5.74, 6) is 0.528. The van der Waals surface area contributed by atoms with Crippen LogP contribution in [0.25, 0.3) is 5.69 Å². The molecule has 1 heterocycles. The van der Waals surface area contributed by atoms with Crippen LogP contribution in [0.1, 0.15) is 5.82 Å². The summed E-state index contributed by atoms with van der Waals surface area (Å²) in [5, 5.41) is 14.0. The molecule has 0 bridgehead atoms. The lowest BCUT2D eigenvalue weighted by Crippen LogP contribution is -2.13. The van der Waals surface area contributed by atoms with Crippen molar-refractivity contribution >= 4 is 0 Å². The lowest BCUT2D eigenvalue weighted by molar-refractivity contribution is -0.0499. The molecule has 2 aromatic rings. The molecular formula is C10H11F2N5O. The van der Waals surface area contributed by atoms with Gasteiger partial charge in [-0.15, -0.1) is 5.10 Å². The fraction of sp³-hybridized carbons (Fsp3) is 0.300. The number of tetrazole rings is 1. The number of nitrogens with one attached hydrogen (secondary N) is 1. The van der Waals surface area contributed by atoms with Crippen molar-refractivity contribution in [3.05, 3.63) is 30.1 Å². The van der Waals surface area contributed by atoms with E-state index in [1.807, 2.05) is 0 Å². The topological polar surface area (TPSA) is 64.9 Å². The van der Waals surface area contributed by atoms with Gasteiger partial charge in [-0.3, -0.25) is 0 Å². The molecule has 1 aromatic carbocycles. The minimum atomic E-state index is -2.89. The molecule has 0 aliphatic carbocycles. The van der Waals surface area contributed by atoms with Crippen molar-refractivity contribution in [1.82, 2.24) is 25.5 Å². The Hall–Kier alpha value is -2.09. The Kier molecular flexibility index (Phi) is 3.78. The summed E-state index contributed by atoms with van der Waals surface area (Å²) in [5.41, 5.74) is 0.369. The van der Waals surface area contributed by atoms with Gasteiger partial charge in [-0.1, -0.05) is 12.1 Å². The normalized spacial score (nSPS) is 10.9. The minimum Gasteiger partial charge on any atom is -0.433 e. The summed E-state index contributed by atoms with van der Waals surface area (Å²) < 4.78 is 30.4.